The van der Waals surface area contributed by atoms with Crippen LogP contribution in [-0.2, 0) is 11.2 Å². The molecule has 1 aromatic heterocycles. The number of aromatic nitrogens is 1. The summed E-state index contributed by atoms with van der Waals surface area (Å²) in [6.07, 6.45) is 3.60. The first-order valence-corrected chi connectivity index (χ1v) is 8.06. The summed E-state index contributed by atoms with van der Waals surface area (Å²) in [5, 5.41) is 19.7. The number of phenols is 1. The van der Waals surface area contributed by atoms with Gasteiger partial charge in [0.05, 0.1) is 17.0 Å². The first-order valence-electron chi connectivity index (χ1n) is 7.68. The molecule has 5 nitrogen and oxygen atoms in total. The largest absolute Gasteiger partial charge is 0.506 e. The van der Waals surface area contributed by atoms with Gasteiger partial charge in [-0.3, -0.25) is 14.2 Å². The van der Waals surface area contributed by atoms with Crippen LogP contribution in [-0.4, -0.2) is 26.7 Å². The summed E-state index contributed by atoms with van der Waals surface area (Å²) in [6, 6.07) is 2.98. The summed E-state index contributed by atoms with van der Waals surface area (Å²) in [5.41, 5.74) is 1.73. The normalized spacial score (nSPS) is 15.4. The van der Waals surface area contributed by atoms with Gasteiger partial charge in [-0.1, -0.05) is 24.4 Å². The van der Waals surface area contributed by atoms with Crippen molar-refractivity contribution in [2.75, 3.05) is 0 Å². The number of carbonyl (C=O) groups excluding carboxylic acids is 1. The Bertz CT molecular complexity index is 803. The van der Waals surface area contributed by atoms with E-state index >= 15 is 0 Å². The second-order valence-electron chi connectivity index (χ2n) is 6.11. The van der Waals surface area contributed by atoms with Crippen molar-refractivity contribution in [2.45, 2.75) is 39.0 Å². The van der Waals surface area contributed by atoms with Gasteiger partial charge in [-0.15, -0.1) is 0 Å². The number of aliphatic carboxylic acids is 1. The number of nitrogens with zero attached hydrogens (tertiary/aromatic N) is 1. The van der Waals surface area contributed by atoms with Crippen LogP contribution in [0.25, 0.3) is 10.9 Å². The average molecular weight is 336 g/mol. The number of benzene rings is 1. The molecule has 3 rings (SSSR count). The summed E-state index contributed by atoms with van der Waals surface area (Å²) < 4.78 is 1.58. The average Bonchev–Trinajstić information content (AvgIpc) is 3.09. The van der Waals surface area contributed by atoms with Crippen LogP contribution in [0.2, 0.25) is 5.02 Å². The van der Waals surface area contributed by atoms with E-state index in [-0.39, 0.29) is 29.0 Å². The van der Waals surface area contributed by atoms with Gasteiger partial charge in [-0.25, -0.2) is 0 Å². The Morgan fingerprint density at radius 3 is 2.57 bits per heavy atom. The zero-order valence-electron chi connectivity index (χ0n) is 12.8. The number of hydrogen-bond acceptors (Lipinski definition) is 3. The standard InChI is InChI=1S/C17H18ClNO4/c1-9-11(7-16(21)22)12-6-15(20)13(18)8-14(12)19(9)17(23)10-4-2-3-5-10/h6,8,10,20H,2-5,7H2,1H3,(H,21,22). The summed E-state index contributed by atoms with van der Waals surface area (Å²) in [6.45, 7) is 1.75. The van der Waals surface area contributed by atoms with Crippen LogP contribution in [0.4, 0.5) is 0 Å². The van der Waals surface area contributed by atoms with Crippen molar-refractivity contribution in [3.8, 4) is 5.75 Å². The van der Waals surface area contributed by atoms with E-state index in [4.69, 9.17) is 16.7 Å². The van der Waals surface area contributed by atoms with Crippen molar-refractivity contribution in [1.29, 1.82) is 0 Å². The molecule has 23 heavy (non-hydrogen) atoms. The van der Waals surface area contributed by atoms with Crippen LogP contribution in [0.1, 0.15) is 41.7 Å². The molecule has 1 aromatic carbocycles. The quantitative estimate of drug-likeness (QED) is 0.894. The maximum Gasteiger partial charge on any atom is 0.307 e. The Kier molecular flexibility index (Phi) is 4.06. The zero-order chi connectivity index (χ0) is 16.7. The van der Waals surface area contributed by atoms with Crippen LogP contribution in [0.3, 0.4) is 0 Å². The number of fused-ring (bicyclic) bond motifs is 1. The Balaban J connectivity index is 2.23. The zero-order valence-corrected chi connectivity index (χ0v) is 13.6. The molecule has 122 valence electrons. The van der Waals surface area contributed by atoms with E-state index in [9.17, 15) is 14.7 Å². The van der Waals surface area contributed by atoms with Gasteiger partial charge in [0.25, 0.3) is 0 Å². The van der Waals surface area contributed by atoms with Crippen LogP contribution in [0, 0.1) is 12.8 Å². The molecular formula is C17H18ClNO4. The minimum absolute atomic E-state index is 0.0107. The van der Waals surface area contributed by atoms with Gasteiger partial charge in [0.2, 0.25) is 5.91 Å². The topological polar surface area (TPSA) is 79.5 Å². The lowest BCUT2D eigenvalue weighted by molar-refractivity contribution is -0.136. The molecule has 0 saturated heterocycles. The molecule has 0 unspecified atom stereocenters. The fourth-order valence-electron chi connectivity index (χ4n) is 3.50. The van der Waals surface area contributed by atoms with Crippen LogP contribution < -0.4 is 0 Å². The highest BCUT2D eigenvalue weighted by molar-refractivity contribution is 6.32. The van der Waals surface area contributed by atoms with E-state index in [0.717, 1.165) is 25.7 Å². The molecule has 1 fully saturated rings. The Hall–Kier alpha value is -2.01. The third-order valence-electron chi connectivity index (χ3n) is 4.66. The molecule has 0 spiro atoms. The number of aromatic hydroxyl groups is 1. The molecular weight excluding hydrogens is 318 g/mol. The van der Waals surface area contributed by atoms with Crippen molar-refractivity contribution in [1.82, 2.24) is 4.57 Å². The number of halogens is 1. The second-order valence-corrected chi connectivity index (χ2v) is 6.52. The molecule has 0 atom stereocenters. The molecule has 1 heterocycles. The summed E-state index contributed by atoms with van der Waals surface area (Å²) >= 11 is 6.00. The van der Waals surface area contributed by atoms with Gasteiger partial charge >= 0.3 is 5.97 Å². The Morgan fingerprint density at radius 1 is 1.30 bits per heavy atom. The number of carbonyl (C=O) groups is 2. The van der Waals surface area contributed by atoms with E-state index in [1.165, 1.54) is 12.1 Å². The molecule has 1 aliphatic rings. The van der Waals surface area contributed by atoms with E-state index in [2.05, 4.69) is 0 Å². The predicted molar refractivity (Wildman–Crippen MR) is 87.3 cm³/mol. The van der Waals surface area contributed by atoms with Crippen molar-refractivity contribution >= 4 is 34.4 Å². The molecule has 1 saturated carbocycles. The number of hydrogen-bond donors (Lipinski definition) is 2. The third-order valence-corrected chi connectivity index (χ3v) is 4.96. The Morgan fingerprint density at radius 2 is 1.96 bits per heavy atom. The SMILES string of the molecule is Cc1c(CC(=O)O)c2cc(O)c(Cl)cc2n1C(=O)C1CCCC1. The lowest BCUT2D eigenvalue weighted by atomic mass is 10.1. The van der Waals surface area contributed by atoms with E-state index < -0.39 is 5.97 Å². The van der Waals surface area contributed by atoms with Gasteiger partial charge in [0.1, 0.15) is 5.75 Å². The molecule has 0 aliphatic heterocycles. The van der Waals surface area contributed by atoms with Crippen molar-refractivity contribution in [3.05, 3.63) is 28.4 Å². The number of carboxylic acids is 1. The number of phenolic OH excluding ortho intramolecular Hbond substituents is 1. The van der Waals surface area contributed by atoms with Gasteiger partial charge in [0.15, 0.2) is 0 Å². The van der Waals surface area contributed by atoms with Crippen molar-refractivity contribution in [3.63, 3.8) is 0 Å². The fraction of sp³-hybridized carbons (Fsp3) is 0.412. The monoisotopic (exact) mass is 335 g/mol. The molecule has 2 aromatic rings. The van der Waals surface area contributed by atoms with Gasteiger partial charge < -0.3 is 10.2 Å². The predicted octanol–water partition coefficient (Wildman–Crippen LogP) is 3.77. The number of carboxylic acid groups (broad SMARTS) is 1. The summed E-state index contributed by atoms with van der Waals surface area (Å²) in [5.74, 6) is -1.14. The lowest BCUT2D eigenvalue weighted by Gasteiger charge is -2.12. The van der Waals surface area contributed by atoms with Crippen molar-refractivity contribution < 1.29 is 19.8 Å². The van der Waals surface area contributed by atoms with Crippen LogP contribution in [0.15, 0.2) is 12.1 Å². The minimum Gasteiger partial charge on any atom is -0.506 e. The van der Waals surface area contributed by atoms with Crippen molar-refractivity contribution in [2.24, 2.45) is 5.92 Å². The molecule has 2 N–H and O–H groups in total. The van der Waals surface area contributed by atoms with E-state index in [0.29, 0.717) is 22.2 Å². The lowest BCUT2D eigenvalue weighted by Crippen LogP contribution is -2.20. The van der Waals surface area contributed by atoms with Gasteiger partial charge in [-0.2, -0.15) is 0 Å². The molecule has 0 bridgehead atoms. The first-order chi connectivity index (χ1) is 10.9. The maximum absolute atomic E-state index is 12.9. The van der Waals surface area contributed by atoms with Crippen LogP contribution in [0.5, 0.6) is 5.75 Å². The highest BCUT2D eigenvalue weighted by Gasteiger charge is 2.28. The van der Waals surface area contributed by atoms with Gasteiger partial charge in [-0.05, 0) is 37.5 Å². The maximum atomic E-state index is 12.9. The highest BCUT2D eigenvalue weighted by atomic mass is 35.5. The Labute approximate surface area is 138 Å². The molecule has 0 radical (unpaired) electrons. The first kappa shape index (κ1) is 15.9. The second kappa shape index (κ2) is 5.89. The summed E-state index contributed by atoms with van der Waals surface area (Å²) in [7, 11) is 0. The molecule has 1 aliphatic carbocycles. The number of rotatable bonds is 3. The molecule has 0 amide bonds. The minimum atomic E-state index is -0.977. The smallest absolute Gasteiger partial charge is 0.307 e. The van der Waals surface area contributed by atoms with Gasteiger partial charge in [0, 0.05) is 17.0 Å². The van der Waals surface area contributed by atoms with E-state index in [1.807, 2.05) is 0 Å². The summed E-state index contributed by atoms with van der Waals surface area (Å²) in [4.78, 5) is 24.1. The fourth-order valence-corrected chi connectivity index (χ4v) is 3.66. The molecule has 6 heteroatoms. The highest BCUT2D eigenvalue weighted by Crippen LogP contribution is 2.36. The third kappa shape index (κ3) is 2.70. The van der Waals surface area contributed by atoms with E-state index in [1.54, 1.807) is 11.5 Å². The van der Waals surface area contributed by atoms with Crippen LogP contribution >= 0.6 is 11.6 Å².